The Morgan fingerprint density at radius 3 is 2.75 bits per heavy atom. The Morgan fingerprint density at radius 2 is 1.88 bits per heavy atom. The van der Waals surface area contributed by atoms with E-state index in [0.717, 1.165) is 44.7 Å². The zero-order valence-electron chi connectivity index (χ0n) is 12.6. The van der Waals surface area contributed by atoms with Crippen LogP contribution in [0.4, 0.5) is 0 Å². The number of pyridine rings is 3. The number of aromatic amines is 2. The summed E-state index contributed by atoms with van der Waals surface area (Å²) in [6.07, 6.45) is 5.35. The van der Waals surface area contributed by atoms with Gasteiger partial charge in [0.25, 0.3) is 0 Å². The van der Waals surface area contributed by atoms with Crippen molar-refractivity contribution in [1.82, 2.24) is 30.1 Å². The first-order valence-electron chi connectivity index (χ1n) is 7.58. The van der Waals surface area contributed by atoms with E-state index in [1.165, 1.54) is 0 Å². The minimum absolute atomic E-state index is 0.791. The highest BCUT2D eigenvalue weighted by atomic mass is 15.1. The van der Waals surface area contributed by atoms with Gasteiger partial charge < -0.3 is 4.98 Å². The van der Waals surface area contributed by atoms with Gasteiger partial charge in [0.1, 0.15) is 11.2 Å². The molecule has 5 rings (SSSR count). The minimum atomic E-state index is 0.791. The normalized spacial score (nSPS) is 11.3. The molecule has 0 atom stereocenters. The van der Waals surface area contributed by atoms with Gasteiger partial charge in [0.05, 0.1) is 34.3 Å². The van der Waals surface area contributed by atoms with Gasteiger partial charge in [-0.05, 0) is 36.4 Å². The summed E-state index contributed by atoms with van der Waals surface area (Å²) in [5, 5.41) is 8.57. The summed E-state index contributed by atoms with van der Waals surface area (Å²) >= 11 is 0. The summed E-state index contributed by atoms with van der Waals surface area (Å²) in [6.45, 7) is 0. The average Bonchev–Trinajstić information content (AvgIpc) is 3.25. The highest BCUT2D eigenvalue weighted by Gasteiger charge is 2.13. The molecule has 5 aromatic rings. The van der Waals surface area contributed by atoms with Gasteiger partial charge >= 0.3 is 0 Å². The topological polar surface area (TPSA) is 83.1 Å². The van der Waals surface area contributed by atoms with E-state index in [1.807, 2.05) is 36.4 Å². The number of aromatic nitrogens is 6. The Balaban J connectivity index is 1.71. The van der Waals surface area contributed by atoms with E-state index in [2.05, 4.69) is 31.2 Å². The zero-order valence-corrected chi connectivity index (χ0v) is 12.6. The quantitative estimate of drug-likeness (QED) is 0.522. The molecule has 5 heterocycles. The molecule has 6 nitrogen and oxygen atoms in total. The highest BCUT2D eigenvalue weighted by Crippen LogP contribution is 2.28. The largest absolute Gasteiger partial charge is 0.352 e. The Morgan fingerprint density at radius 1 is 0.875 bits per heavy atom. The number of rotatable bonds is 2. The average molecular weight is 312 g/mol. The van der Waals surface area contributed by atoms with Crippen molar-refractivity contribution in [1.29, 1.82) is 0 Å². The van der Waals surface area contributed by atoms with Crippen LogP contribution in [0.3, 0.4) is 0 Å². The third kappa shape index (κ3) is 1.97. The van der Waals surface area contributed by atoms with Crippen LogP contribution in [-0.4, -0.2) is 30.1 Å². The number of fused-ring (bicyclic) bond motifs is 2. The molecule has 0 unspecified atom stereocenters. The van der Waals surface area contributed by atoms with Crippen molar-refractivity contribution in [2.75, 3.05) is 0 Å². The minimum Gasteiger partial charge on any atom is -0.352 e. The van der Waals surface area contributed by atoms with E-state index in [9.17, 15) is 0 Å². The smallest absolute Gasteiger partial charge is 0.135 e. The van der Waals surface area contributed by atoms with Gasteiger partial charge in [-0.15, -0.1) is 0 Å². The Bertz CT molecular complexity index is 1120. The van der Waals surface area contributed by atoms with Gasteiger partial charge in [0.15, 0.2) is 0 Å². The summed E-state index contributed by atoms with van der Waals surface area (Å²) in [5.41, 5.74) is 6.05. The predicted molar refractivity (Wildman–Crippen MR) is 92.2 cm³/mol. The number of hydrogen-bond donors (Lipinski definition) is 2. The summed E-state index contributed by atoms with van der Waals surface area (Å²) in [7, 11) is 0. The first-order chi connectivity index (χ1) is 11.9. The molecule has 5 aromatic heterocycles. The molecular weight excluding hydrogens is 300 g/mol. The molecule has 0 bridgehead atoms. The van der Waals surface area contributed by atoms with Crippen LogP contribution >= 0.6 is 0 Å². The van der Waals surface area contributed by atoms with Crippen LogP contribution in [0.1, 0.15) is 0 Å². The summed E-state index contributed by atoms with van der Waals surface area (Å²) < 4.78 is 0. The molecule has 0 amide bonds. The van der Waals surface area contributed by atoms with Crippen LogP contribution in [0.15, 0.2) is 61.1 Å². The summed E-state index contributed by atoms with van der Waals surface area (Å²) in [4.78, 5) is 16.6. The zero-order chi connectivity index (χ0) is 15.9. The van der Waals surface area contributed by atoms with Gasteiger partial charge in [0.2, 0.25) is 0 Å². The lowest BCUT2D eigenvalue weighted by molar-refractivity contribution is 1.12. The monoisotopic (exact) mass is 312 g/mol. The van der Waals surface area contributed by atoms with Crippen LogP contribution in [-0.2, 0) is 0 Å². The molecule has 114 valence electrons. The van der Waals surface area contributed by atoms with E-state index in [0.29, 0.717) is 0 Å². The first kappa shape index (κ1) is 13.0. The van der Waals surface area contributed by atoms with Crippen molar-refractivity contribution in [3.05, 3.63) is 61.1 Å². The summed E-state index contributed by atoms with van der Waals surface area (Å²) in [6, 6.07) is 13.7. The maximum atomic E-state index is 4.76. The lowest BCUT2D eigenvalue weighted by atomic mass is 10.2. The third-order valence-electron chi connectivity index (χ3n) is 4.01. The van der Waals surface area contributed by atoms with Gasteiger partial charge in [-0.3, -0.25) is 15.1 Å². The number of H-pyrrole nitrogens is 2. The summed E-state index contributed by atoms with van der Waals surface area (Å²) in [5.74, 6) is 0. The molecule has 0 aliphatic carbocycles. The molecule has 0 fully saturated rings. The Hall–Kier alpha value is -3.54. The van der Waals surface area contributed by atoms with Crippen molar-refractivity contribution in [2.45, 2.75) is 0 Å². The first-order valence-corrected chi connectivity index (χ1v) is 7.58. The maximum Gasteiger partial charge on any atom is 0.135 e. The number of hydrogen-bond acceptors (Lipinski definition) is 4. The van der Waals surface area contributed by atoms with E-state index >= 15 is 0 Å². The van der Waals surface area contributed by atoms with E-state index in [1.54, 1.807) is 18.6 Å². The number of nitrogens with one attached hydrogen (secondary N) is 2. The lowest BCUT2D eigenvalue weighted by Crippen LogP contribution is -1.87. The van der Waals surface area contributed by atoms with Crippen LogP contribution < -0.4 is 0 Å². The lowest BCUT2D eigenvalue weighted by Gasteiger charge is -2.00. The Labute approximate surface area is 136 Å². The molecular formula is C18H12N6. The van der Waals surface area contributed by atoms with Gasteiger partial charge in [-0.2, -0.15) is 5.10 Å². The molecule has 0 saturated carbocycles. The van der Waals surface area contributed by atoms with Crippen molar-refractivity contribution in [2.24, 2.45) is 0 Å². The fourth-order valence-corrected chi connectivity index (χ4v) is 2.84. The van der Waals surface area contributed by atoms with E-state index in [-0.39, 0.29) is 0 Å². The molecule has 6 heteroatoms. The van der Waals surface area contributed by atoms with Crippen LogP contribution in [0, 0.1) is 0 Å². The highest BCUT2D eigenvalue weighted by molar-refractivity contribution is 5.93. The Kier molecular flexibility index (Phi) is 2.69. The fraction of sp³-hybridized carbons (Fsp3) is 0. The van der Waals surface area contributed by atoms with Crippen LogP contribution in [0.25, 0.3) is 44.7 Å². The van der Waals surface area contributed by atoms with Crippen LogP contribution in [0.5, 0.6) is 0 Å². The van der Waals surface area contributed by atoms with Gasteiger partial charge in [-0.1, -0.05) is 6.07 Å². The van der Waals surface area contributed by atoms with E-state index in [4.69, 9.17) is 4.98 Å². The third-order valence-corrected chi connectivity index (χ3v) is 4.01. The standard InChI is InChI=1S/C18H12N6/c1-2-7-20-12(3-1)13-4-5-14-17(22-13)18(24-23-14)15-9-11-6-8-19-10-16(11)21-15/h1-10,21H,(H,23,24). The molecule has 0 aliphatic rings. The second-order valence-corrected chi connectivity index (χ2v) is 5.53. The molecule has 0 spiro atoms. The fourth-order valence-electron chi connectivity index (χ4n) is 2.84. The van der Waals surface area contributed by atoms with Gasteiger partial charge in [0, 0.05) is 17.8 Å². The molecule has 24 heavy (non-hydrogen) atoms. The van der Waals surface area contributed by atoms with Crippen LogP contribution in [0.2, 0.25) is 0 Å². The van der Waals surface area contributed by atoms with Crippen molar-refractivity contribution >= 4 is 21.9 Å². The van der Waals surface area contributed by atoms with Crippen molar-refractivity contribution in [3.63, 3.8) is 0 Å². The second-order valence-electron chi connectivity index (χ2n) is 5.53. The van der Waals surface area contributed by atoms with Gasteiger partial charge in [-0.25, -0.2) is 4.98 Å². The second kappa shape index (κ2) is 4.99. The molecule has 0 radical (unpaired) electrons. The molecule has 0 aliphatic heterocycles. The molecule has 2 N–H and O–H groups in total. The predicted octanol–water partition coefficient (Wildman–Crippen LogP) is 3.56. The van der Waals surface area contributed by atoms with Crippen molar-refractivity contribution in [3.8, 4) is 22.8 Å². The molecule has 0 saturated heterocycles. The van der Waals surface area contributed by atoms with Crippen molar-refractivity contribution < 1.29 is 0 Å². The van der Waals surface area contributed by atoms with E-state index < -0.39 is 0 Å². The SMILES string of the molecule is c1ccc(-c2ccc3[nH]nc(-c4cc5ccncc5[nH]4)c3n2)nc1. The maximum absolute atomic E-state index is 4.76. The molecule has 0 aromatic carbocycles. The number of nitrogens with zero attached hydrogens (tertiary/aromatic N) is 4.